The largest absolute Gasteiger partial charge is 0.496 e. The fourth-order valence-electron chi connectivity index (χ4n) is 2.87. The van der Waals surface area contributed by atoms with E-state index in [-0.39, 0.29) is 11.4 Å². The van der Waals surface area contributed by atoms with Gasteiger partial charge in [-0.05, 0) is 0 Å². The van der Waals surface area contributed by atoms with Gasteiger partial charge in [-0.25, -0.2) is 0 Å². The zero-order chi connectivity index (χ0) is 13.8. The Morgan fingerprint density at radius 1 is 1.05 bits per heavy atom. The second kappa shape index (κ2) is 3.73. The molecular formula is C16H16O3. The normalized spacial score (nSPS) is 14.9. The summed E-state index contributed by atoms with van der Waals surface area (Å²) in [5.41, 5.74) is 2.14. The second-order valence-corrected chi connectivity index (χ2v) is 5.38. The summed E-state index contributed by atoms with van der Waals surface area (Å²) in [6.07, 6.45) is 0. The third-order valence-corrected chi connectivity index (χ3v) is 3.76. The van der Waals surface area contributed by atoms with E-state index >= 15 is 0 Å². The van der Waals surface area contributed by atoms with Gasteiger partial charge in [0.2, 0.25) is 0 Å². The molecule has 0 bridgehead atoms. The molecule has 3 rings (SSSR count). The summed E-state index contributed by atoms with van der Waals surface area (Å²) < 4.78 is 11.0. The Morgan fingerprint density at radius 2 is 1.58 bits per heavy atom. The highest BCUT2D eigenvalue weighted by atomic mass is 16.5. The van der Waals surface area contributed by atoms with Crippen molar-refractivity contribution in [3.63, 3.8) is 0 Å². The Hall–Kier alpha value is -2.03. The Labute approximate surface area is 112 Å². The molecule has 0 radical (unpaired) electrons. The second-order valence-electron chi connectivity index (χ2n) is 5.38. The molecule has 2 aromatic carbocycles. The summed E-state index contributed by atoms with van der Waals surface area (Å²) in [7, 11) is 1.68. The fraction of sp³-hybridized carbons (Fsp3) is 0.312. The summed E-state index contributed by atoms with van der Waals surface area (Å²) in [4.78, 5) is 11.3. The van der Waals surface area contributed by atoms with Crippen LogP contribution in [0.1, 0.15) is 31.9 Å². The molecule has 0 saturated heterocycles. The average Bonchev–Trinajstić information content (AvgIpc) is 2.92. The Bertz CT molecular complexity index is 699. The van der Waals surface area contributed by atoms with Gasteiger partial charge in [-0.1, -0.05) is 38.1 Å². The van der Waals surface area contributed by atoms with Gasteiger partial charge in [-0.15, -0.1) is 0 Å². The minimum atomic E-state index is -0.291. The number of ether oxygens (including phenoxy) is 2. The van der Waals surface area contributed by atoms with Gasteiger partial charge in [-0.3, -0.25) is 4.79 Å². The lowest BCUT2D eigenvalue weighted by Gasteiger charge is -2.09. The number of benzene rings is 2. The first-order valence-electron chi connectivity index (χ1n) is 6.30. The molecule has 0 atom stereocenters. The molecule has 2 aromatic rings. The Kier molecular flexibility index (Phi) is 2.36. The van der Waals surface area contributed by atoms with Crippen LogP contribution in [0.25, 0.3) is 10.8 Å². The lowest BCUT2D eigenvalue weighted by molar-refractivity contribution is -0.131. The van der Waals surface area contributed by atoms with E-state index < -0.39 is 0 Å². The van der Waals surface area contributed by atoms with Crippen molar-refractivity contribution in [1.82, 2.24) is 0 Å². The average molecular weight is 256 g/mol. The molecule has 0 N–H and O–H groups in total. The first-order valence-corrected chi connectivity index (χ1v) is 6.30. The van der Waals surface area contributed by atoms with E-state index in [9.17, 15) is 4.79 Å². The molecule has 0 saturated carbocycles. The monoisotopic (exact) mass is 256 g/mol. The maximum atomic E-state index is 11.3. The van der Waals surface area contributed by atoms with Gasteiger partial charge in [0.05, 0.1) is 7.11 Å². The molecular weight excluding hydrogens is 240 g/mol. The molecule has 0 spiro atoms. The van der Waals surface area contributed by atoms with E-state index in [1.54, 1.807) is 7.11 Å². The van der Waals surface area contributed by atoms with Gasteiger partial charge in [0.15, 0.2) is 0 Å². The van der Waals surface area contributed by atoms with Crippen LogP contribution in [0.15, 0.2) is 24.3 Å². The molecule has 1 aliphatic carbocycles. The number of carbonyl (C=O) groups is 1. The van der Waals surface area contributed by atoms with Crippen LogP contribution < -0.4 is 9.47 Å². The predicted molar refractivity (Wildman–Crippen MR) is 73.9 cm³/mol. The van der Waals surface area contributed by atoms with Gasteiger partial charge in [0.25, 0.3) is 0 Å². The molecule has 3 heteroatoms. The molecule has 0 aliphatic heterocycles. The van der Waals surface area contributed by atoms with E-state index in [0.717, 1.165) is 27.6 Å². The molecule has 19 heavy (non-hydrogen) atoms. The lowest BCUT2D eigenvalue weighted by atomic mass is 10.1. The van der Waals surface area contributed by atoms with E-state index in [1.165, 1.54) is 6.92 Å². The van der Waals surface area contributed by atoms with Crippen LogP contribution >= 0.6 is 0 Å². The van der Waals surface area contributed by atoms with Crippen molar-refractivity contribution in [3.05, 3.63) is 35.4 Å². The standard InChI is InChI=1S/C16H16O3/c1-9(17)19-15-11-8-6-5-7-10(11)14(18-4)12-13(15)16(12,2)3/h5-8H,1-4H3. The molecule has 0 aromatic heterocycles. The molecule has 3 nitrogen and oxygen atoms in total. The quantitative estimate of drug-likeness (QED) is 0.610. The van der Waals surface area contributed by atoms with Crippen LogP contribution in [0.3, 0.4) is 0 Å². The van der Waals surface area contributed by atoms with E-state index in [2.05, 4.69) is 13.8 Å². The summed E-state index contributed by atoms with van der Waals surface area (Å²) in [5, 5.41) is 1.92. The fourth-order valence-corrected chi connectivity index (χ4v) is 2.87. The van der Waals surface area contributed by atoms with Crippen molar-refractivity contribution in [2.45, 2.75) is 26.2 Å². The Morgan fingerprint density at radius 3 is 2.11 bits per heavy atom. The number of carbonyl (C=O) groups excluding carboxylic acids is 1. The SMILES string of the molecule is COc1c2c(c(OC(C)=O)c3ccccc13)C2(C)C. The van der Waals surface area contributed by atoms with E-state index in [1.807, 2.05) is 24.3 Å². The van der Waals surface area contributed by atoms with Crippen molar-refractivity contribution < 1.29 is 14.3 Å². The topological polar surface area (TPSA) is 35.5 Å². The van der Waals surface area contributed by atoms with E-state index in [4.69, 9.17) is 9.47 Å². The molecule has 0 amide bonds. The third-order valence-electron chi connectivity index (χ3n) is 3.76. The summed E-state index contributed by atoms with van der Waals surface area (Å²) >= 11 is 0. The molecule has 0 fully saturated rings. The molecule has 1 aliphatic rings. The zero-order valence-electron chi connectivity index (χ0n) is 11.5. The van der Waals surface area contributed by atoms with Crippen molar-refractivity contribution in [2.75, 3.05) is 7.11 Å². The third kappa shape index (κ3) is 1.54. The number of esters is 1. The molecule has 0 unspecified atom stereocenters. The lowest BCUT2D eigenvalue weighted by Crippen LogP contribution is -2.03. The highest BCUT2D eigenvalue weighted by Gasteiger charge is 2.49. The minimum absolute atomic E-state index is 0.0881. The van der Waals surface area contributed by atoms with Gasteiger partial charge >= 0.3 is 5.97 Å². The van der Waals surface area contributed by atoms with Crippen molar-refractivity contribution >= 4 is 16.7 Å². The van der Waals surface area contributed by atoms with Gasteiger partial charge < -0.3 is 9.47 Å². The van der Waals surface area contributed by atoms with Crippen molar-refractivity contribution in [2.24, 2.45) is 0 Å². The highest BCUT2D eigenvalue weighted by molar-refractivity contribution is 6.01. The first kappa shape index (κ1) is 12.0. The van der Waals surface area contributed by atoms with Crippen LogP contribution in [-0.4, -0.2) is 13.1 Å². The highest BCUT2D eigenvalue weighted by Crippen LogP contribution is 2.62. The predicted octanol–water partition coefficient (Wildman–Crippen LogP) is 3.41. The zero-order valence-corrected chi connectivity index (χ0v) is 11.5. The molecule has 0 heterocycles. The van der Waals surface area contributed by atoms with E-state index in [0.29, 0.717) is 5.75 Å². The van der Waals surface area contributed by atoms with Crippen LogP contribution in [0.2, 0.25) is 0 Å². The summed E-state index contributed by atoms with van der Waals surface area (Å²) in [5.74, 6) is 1.29. The number of fused-ring (bicyclic) bond motifs is 2. The number of hydrogen-bond donors (Lipinski definition) is 0. The van der Waals surface area contributed by atoms with Crippen LogP contribution in [-0.2, 0) is 10.2 Å². The van der Waals surface area contributed by atoms with Crippen molar-refractivity contribution in [1.29, 1.82) is 0 Å². The van der Waals surface area contributed by atoms with Crippen LogP contribution in [0, 0.1) is 0 Å². The number of rotatable bonds is 2. The molecule has 98 valence electrons. The smallest absolute Gasteiger partial charge is 0.308 e. The summed E-state index contributed by atoms with van der Waals surface area (Å²) in [6.45, 7) is 5.67. The number of hydrogen-bond acceptors (Lipinski definition) is 3. The minimum Gasteiger partial charge on any atom is -0.496 e. The van der Waals surface area contributed by atoms with Crippen molar-refractivity contribution in [3.8, 4) is 11.5 Å². The first-order chi connectivity index (χ1) is 8.98. The summed E-state index contributed by atoms with van der Waals surface area (Å²) in [6, 6.07) is 7.86. The Balaban J connectivity index is 2.38. The maximum Gasteiger partial charge on any atom is 0.308 e. The van der Waals surface area contributed by atoms with Gasteiger partial charge in [-0.2, -0.15) is 0 Å². The van der Waals surface area contributed by atoms with Gasteiger partial charge in [0, 0.05) is 34.2 Å². The maximum absolute atomic E-state index is 11.3. The van der Waals surface area contributed by atoms with Gasteiger partial charge in [0.1, 0.15) is 11.5 Å². The van der Waals surface area contributed by atoms with Crippen LogP contribution in [0.4, 0.5) is 0 Å². The van der Waals surface area contributed by atoms with Crippen LogP contribution in [0.5, 0.6) is 11.5 Å². The number of methoxy groups -OCH3 is 1.